The lowest BCUT2D eigenvalue weighted by molar-refractivity contribution is -0.160. The summed E-state index contributed by atoms with van der Waals surface area (Å²) in [4.78, 5) is 36.7. The molecule has 2 fully saturated rings. The van der Waals surface area contributed by atoms with E-state index in [4.69, 9.17) is 9.78 Å². The van der Waals surface area contributed by atoms with Gasteiger partial charge in [-0.05, 0) is 39.0 Å². The van der Waals surface area contributed by atoms with Crippen molar-refractivity contribution < 1.29 is 19.0 Å². The van der Waals surface area contributed by atoms with Crippen molar-refractivity contribution in [1.82, 2.24) is 19.9 Å². The van der Waals surface area contributed by atoms with Crippen molar-refractivity contribution in [2.45, 2.75) is 51.2 Å². The number of nitrogens with one attached hydrogen (secondary N) is 1. The van der Waals surface area contributed by atoms with E-state index in [1.54, 1.807) is 11.0 Å². The van der Waals surface area contributed by atoms with E-state index in [0.717, 1.165) is 25.0 Å². The molecule has 1 N–H and O–H groups in total. The highest BCUT2D eigenvalue weighted by molar-refractivity contribution is 7.13. The molecule has 1 amide bonds. The topological polar surface area (TPSA) is 89.5 Å². The first kappa shape index (κ1) is 18.9. The van der Waals surface area contributed by atoms with Crippen molar-refractivity contribution in [3.05, 3.63) is 17.1 Å². The summed E-state index contributed by atoms with van der Waals surface area (Å²) in [5.74, 6) is 1.04. The second kappa shape index (κ2) is 8.26. The molecular weight excluding hydrogens is 385 g/mol. The summed E-state index contributed by atoms with van der Waals surface area (Å²) >= 11 is 1.42. The molecule has 0 bridgehead atoms. The summed E-state index contributed by atoms with van der Waals surface area (Å²) in [5, 5.41) is 5.87. The zero-order valence-corrected chi connectivity index (χ0v) is 16.4. The minimum absolute atomic E-state index is 0.119. The lowest BCUT2D eigenvalue weighted by atomic mass is 9.94. The second-order valence-electron chi connectivity index (χ2n) is 7.08. The van der Waals surface area contributed by atoms with Crippen LogP contribution in [0.1, 0.15) is 37.8 Å². The predicted molar refractivity (Wildman–Crippen MR) is 102 cm³/mol. The maximum absolute atomic E-state index is 13.4. The number of halogens is 1. The van der Waals surface area contributed by atoms with Crippen molar-refractivity contribution in [3.8, 4) is 16.7 Å². The van der Waals surface area contributed by atoms with Crippen LogP contribution in [0.25, 0.3) is 10.8 Å². The molecule has 0 spiro atoms. The lowest BCUT2D eigenvalue weighted by Crippen LogP contribution is -2.42. The zero-order chi connectivity index (χ0) is 19.5. The summed E-state index contributed by atoms with van der Waals surface area (Å²) in [5.41, 5.74) is 0.870. The molecule has 4 rings (SSSR count). The summed E-state index contributed by atoms with van der Waals surface area (Å²) in [7, 11) is 0. The number of thiazole rings is 1. The molecule has 1 aliphatic carbocycles. The molecule has 28 heavy (non-hydrogen) atoms. The first-order valence-electron chi connectivity index (χ1n) is 9.42. The van der Waals surface area contributed by atoms with Gasteiger partial charge in [0.25, 0.3) is 5.88 Å². The minimum atomic E-state index is -0.725. The monoisotopic (exact) mass is 407 g/mol. The Morgan fingerprint density at radius 3 is 2.68 bits per heavy atom. The molecule has 2 aromatic rings. The summed E-state index contributed by atoms with van der Waals surface area (Å²) in [6, 6.07) is 1.71. The fourth-order valence-electron chi connectivity index (χ4n) is 3.13. The molecule has 150 valence electrons. The Hall–Kier alpha value is -2.49. The van der Waals surface area contributed by atoms with Crippen molar-refractivity contribution in [1.29, 1.82) is 0 Å². The SMILES string of the molecule is Cc1csc(-c2nc(NC3CCC(F)CC3)cc(OOC(=O)N3CCC3)n2)n1. The molecule has 2 aromatic heterocycles. The second-order valence-corrected chi connectivity index (χ2v) is 7.93. The third-order valence-electron chi connectivity index (χ3n) is 4.83. The number of nitrogens with zero attached hydrogens (tertiary/aromatic N) is 4. The number of hydrogen-bond acceptors (Lipinski definition) is 8. The van der Waals surface area contributed by atoms with Crippen LogP contribution in [0.2, 0.25) is 0 Å². The van der Waals surface area contributed by atoms with Gasteiger partial charge in [0.05, 0.1) is 0 Å². The molecule has 1 saturated heterocycles. The van der Waals surface area contributed by atoms with Crippen molar-refractivity contribution >= 4 is 23.2 Å². The van der Waals surface area contributed by atoms with E-state index in [1.807, 2.05) is 12.3 Å². The molecule has 3 heterocycles. The van der Waals surface area contributed by atoms with Gasteiger partial charge in [0, 0.05) is 36.3 Å². The van der Waals surface area contributed by atoms with E-state index in [-0.39, 0.29) is 11.9 Å². The predicted octanol–water partition coefficient (Wildman–Crippen LogP) is 3.74. The van der Waals surface area contributed by atoms with E-state index in [9.17, 15) is 9.18 Å². The van der Waals surface area contributed by atoms with E-state index >= 15 is 0 Å². The molecule has 0 aromatic carbocycles. The number of hydrogen-bond donors (Lipinski definition) is 1. The first-order chi connectivity index (χ1) is 13.6. The van der Waals surface area contributed by atoms with Gasteiger partial charge in [-0.2, -0.15) is 4.98 Å². The van der Waals surface area contributed by atoms with Gasteiger partial charge in [-0.15, -0.1) is 11.3 Å². The van der Waals surface area contributed by atoms with E-state index in [0.29, 0.717) is 42.6 Å². The number of alkyl halides is 1. The van der Waals surface area contributed by atoms with Crippen LogP contribution in [-0.4, -0.2) is 51.2 Å². The normalized spacial score (nSPS) is 21.7. The number of rotatable bonds is 5. The molecule has 0 radical (unpaired) electrons. The van der Waals surface area contributed by atoms with Gasteiger partial charge in [0.15, 0.2) is 10.8 Å². The van der Waals surface area contributed by atoms with Gasteiger partial charge in [-0.3, -0.25) is 4.89 Å². The first-order valence-corrected chi connectivity index (χ1v) is 10.3. The average molecular weight is 407 g/mol. The van der Waals surface area contributed by atoms with E-state index in [1.165, 1.54) is 11.3 Å². The summed E-state index contributed by atoms with van der Waals surface area (Å²) < 4.78 is 13.4. The molecule has 1 saturated carbocycles. The van der Waals surface area contributed by atoms with Crippen LogP contribution in [0.5, 0.6) is 5.88 Å². The number of amides is 1. The molecule has 1 aliphatic heterocycles. The van der Waals surface area contributed by atoms with Gasteiger partial charge in [0.1, 0.15) is 12.0 Å². The van der Waals surface area contributed by atoms with E-state index < -0.39 is 12.3 Å². The molecule has 0 atom stereocenters. The fourth-order valence-corrected chi connectivity index (χ4v) is 3.86. The maximum Gasteiger partial charge on any atom is 0.452 e. The van der Waals surface area contributed by atoms with Gasteiger partial charge in [0.2, 0.25) is 0 Å². The van der Waals surface area contributed by atoms with Gasteiger partial charge < -0.3 is 10.2 Å². The van der Waals surface area contributed by atoms with Crippen molar-refractivity contribution in [2.24, 2.45) is 0 Å². The molecule has 0 unspecified atom stereocenters. The van der Waals surface area contributed by atoms with Crippen LogP contribution in [0.4, 0.5) is 15.0 Å². The Labute approximate surface area is 166 Å². The van der Waals surface area contributed by atoms with Crippen LogP contribution in [-0.2, 0) is 4.89 Å². The Bertz CT molecular complexity index is 836. The summed E-state index contributed by atoms with van der Waals surface area (Å²) in [6.07, 6.45) is 2.25. The Morgan fingerprint density at radius 2 is 2.04 bits per heavy atom. The third kappa shape index (κ3) is 4.49. The molecule has 8 nitrogen and oxygen atoms in total. The smallest absolute Gasteiger partial charge is 0.367 e. The summed E-state index contributed by atoms with van der Waals surface area (Å²) in [6.45, 7) is 3.23. The quantitative estimate of drug-likeness (QED) is 0.596. The molecule has 2 aliphatic rings. The highest BCUT2D eigenvalue weighted by Gasteiger charge is 2.24. The third-order valence-corrected chi connectivity index (χ3v) is 5.79. The maximum atomic E-state index is 13.4. The number of likely N-dealkylation sites (tertiary alicyclic amines) is 1. The standard InChI is InChI=1S/C18H22FN5O3S/c1-11-10-28-17(20-11)16-22-14(21-13-5-3-12(19)4-6-13)9-15(23-16)26-27-18(25)24-7-2-8-24/h9-10,12-13H,2-8H2,1H3,(H,21,22,23). The van der Waals surface area contributed by atoms with Crippen LogP contribution in [0, 0.1) is 6.92 Å². The number of aromatic nitrogens is 3. The van der Waals surface area contributed by atoms with Crippen molar-refractivity contribution in [3.63, 3.8) is 0 Å². The van der Waals surface area contributed by atoms with Crippen LogP contribution < -0.4 is 10.2 Å². The average Bonchev–Trinajstić information content (AvgIpc) is 3.07. The lowest BCUT2D eigenvalue weighted by Gasteiger charge is -2.28. The highest BCUT2D eigenvalue weighted by atomic mass is 32.1. The van der Waals surface area contributed by atoms with Crippen LogP contribution in [0.15, 0.2) is 11.4 Å². The van der Waals surface area contributed by atoms with Gasteiger partial charge in [-0.1, -0.05) is 0 Å². The fraction of sp³-hybridized carbons (Fsp3) is 0.556. The zero-order valence-electron chi connectivity index (χ0n) is 15.6. The van der Waals surface area contributed by atoms with Gasteiger partial charge >= 0.3 is 6.09 Å². The minimum Gasteiger partial charge on any atom is -0.367 e. The van der Waals surface area contributed by atoms with Crippen LogP contribution >= 0.6 is 11.3 Å². The largest absolute Gasteiger partial charge is 0.452 e. The Balaban J connectivity index is 1.51. The van der Waals surface area contributed by atoms with Crippen LogP contribution in [0.3, 0.4) is 0 Å². The Morgan fingerprint density at radius 1 is 1.25 bits per heavy atom. The highest BCUT2D eigenvalue weighted by Crippen LogP contribution is 2.28. The number of carbonyl (C=O) groups is 1. The number of carbonyl (C=O) groups excluding carboxylic acids is 1. The Kier molecular flexibility index (Phi) is 5.56. The number of anilines is 1. The number of aryl methyl sites for hydroxylation is 1. The van der Waals surface area contributed by atoms with E-state index in [2.05, 4.69) is 20.3 Å². The molecule has 10 heteroatoms. The van der Waals surface area contributed by atoms with Gasteiger partial charge in [-0.25, -0.2) is 24.0 Å². The molecular formula is C18H22FN5O3S. The van der Waals surface area contributed by atoms with Crippen molar-refractivity contribution in [2.75, 3.05) is 18.4 Å².